The van der Waals surface area contributed by atoms with Crippen LogP contribution >= 0.6 is 22.9 Å². The Balaban J connectivity index is 1.70. The number of nitrogens with zero attached hydrogens (tertiary/aromatic N) is 3. The molecule has 0 aliphatic carbocycles. The second kappa shape index (κ2) is 7.65. The molecule has 7 heteroatoms. The zero-order valence-corrected chi connectivity index (χ0v) is 14.9. The molecule has 0 fully saturated rings. The van der Waals surface area contributed by atoms with Crippen molar-refractivity contribution in [2.75, 3.05) is 30.8 Å². The number of carbonyl (C=O) groups is 1. The summed E-state index contributed by atoms with van der Waals surface area (Å²) in [7, 11) is 0. The topological polar surface area (TPSA) is 58.1 Å². The Morgan fingerprint density at radius 1 is 1.38 bits per heavy atom. The molecule has 0 bridgehead atoms. The van der Waals surface area contributed by atoms with Gasteiger partial charge in [0.05, 0.1) is 5.56 Å². The van der Waals surface area contributed by atoms with Gasteiger partial charge in [0, 0.05) is 25.2 Å². The molecule has 0 atom stereocenters. The summed E-state index contributed by atoms with van der Waals surface area (Å²) in [6, 6.07) is 10.4. The fourth-order valence-corrected chi connectivity index (χ4v) is 3.44. The van der Waals surface area contributed by atoms with E-state index in [9.17, 15) is 4.79 Å². The summed E-state index contributed by atoms with van der Waals surface area (Å²) in [4.78, 5) is 13.4. The number of carbonyl (C=O) groups excluding carboxylic acids is 1. The predicted molar refractivity (Wildman–Crippen MR) is 97.1 cm³/mol. The highest BCUT2D eigenvalue weighted by atomic mass is 35.5. The molecule has 1 aliphatic rings. The van der Waals surface area contributed by atoms with Gasteiger partial charge in [-0.2, -0.15) is 0 Å². The van der Waals surface area contributed by atoms with Crippen LogP contribution in [-0.2, 0) is 4.79 Å². The lowest BCUT2D eigenvalue weighted by Crippen LogP contribution is -2.35. The van der Waals surface area contributed by atoms with Crippen LogP contribution in [0, 0.1) is 12.1 Å². The van der Waals surface area contributed by atoms with E-state index >= 15 is 0 Å². The molecule has 0 unspecified atom stereocenters. The van der Waals surface area contributed by atoms with Crippen molar-refractivity contribution in [1.29, 1.82) is 0 Å². The van der Waals surface area contributed by atoms with Gasteiger partial charge in [-0.3, -0.25) is 4.79 Å². The smallest absolute Gasteiger partial charge is 0.237 e. The summed E-state index contributed by atoms with van der Waals surface area (Å²) in [5.74, 6) is 0.0136. The van der Waals surface area contributed by atoms with Crippen LogP contribution in [0.5, 0.6) is 0 Å². The SMILES string of the molecule is CCNc1nnc(-c2c#cc(C3=CCN(C(=O)CCl)CC3)cc2)s1. The Morgan fingerprint density at radius 3 is 2.79 bits per heavy atom. The van der Waals surface area contributed by atoms with Gasteiger partial charge in [-0.1, -0.05) is 29.5 Å². The first-order valence-corrected chi connectivity index (χ1v) is 9.11. The molecule has 2 heterocycles. The minimum atomic E-state index is -0.0226. The third-order valence-corrected chi connectivity index (χ3v) is 4.90. The molecular weight excluding hydrogens is 344 g/mol. The number of halogens is 1. The van der Waals surface area contributed by atoms with E-state index in [0.717, 1.165) is 34.2 Å². The van der Waals surface area contributed by atoms with Gasteiger partial charge in [-0.05, 0) is 31.1 Å². The van der Waals surface area contributed by atoms with Crippen molar-refractivity contribution < 1.29 is 4.79 Å². The minimum Gasteiger partial charge on any atom is -0.360 e. The fraction of sp³-hybridized carbons (Fsp3) is 0.353. The van der Waals surface area contributed by atoms with E-state index in [0.29, 0.717) is 13.1 Å². The van der Waals surface area contributed by atoms with Crippen molar-refractivity contribution in [3.63, 3.8) is 0 Å². The number of amides is 1. The standard InChI is InChI=1S/C17H17ClN4OS/c1-2-19-17-21-20-16(24-17)14-5-3-12(4-6-14)13-7-9-22(10-8-13)15(23)11-18/h3,5,7H,2,8-11H2,1H3,(H,19,21). The number of hydrogen-bond acceptors (Lipinski definition) is 5. The molecule has 3 rings (SSSR count). The Bertz CT molecular complexity index is 741. The molecule has 0 saturated heterocycles. The van der Waals surface area contributed by atoms with Crippen LogP contribution < -0.4 is 5.32 Å². The van der Waals surface area contributed by atoms with E-state index in [1.165, 1.54) is 16.9 Å². The number of aromatic nitrogens is 2. The van der Waals surface area contributed by atoms with Gasteiger partial charge in [0.2, 0.25) is 11.0 Å². The number of rotatable bonds is 5. The van der Waals surface area contributed by atoms with Gasteiger partial charge in [0.1, 0.15) is 5.88 Å². The van der Waals surface area contributed by atoms with Crippen LogP contribution in [0.4, 0.5) is 5.13 Å². The van der Waals surface area contributed by atoms with Crippen LogP contribution in [-0.4, -0.2) is 46.5 Å². The molecular formula is C17H17ClN4OS. The number of nitrogens with one attached hydrogen (secondary N) is 1. The second-order valence-electron chi connectivity index (χ2n) is 5.31. The van der Waals surface area contributed by atoms with E-state index in [-0.39, 0.29) is 11.8 Å². The van der Waals surface area contributed by atoms with Crippen LogP contribution in [0.15, 0.2) is 18.2 Å². The van der Waals surface area contributed by atoms with E-state index in [2.05, 4.69) is 33.7 Å². The summed E-state index contributed by atoms with van der Waals surface area (Å²) in [6.45, 7) is 4.13. The molecule has 24 heavy (non-hydrogen) atoms. The third kappa shape index (κ3) is 3.69. The Kier molecular flexibility index (Phi) is 5.34. The number of alkyl halides is 1. The number of hydrogen-bond donors (Lipinski definition) is 1. The predicted octanol–water partition coefficient (Wildman–Crippen LogP) is 3.09. The molecule has 1 amide bonds. The minimum absolute atomic E-state index is 0.0226. The van der Waals surface area contributed by atoms with E-state index in [1.807, 2.05) is 19.1 Å². The summed E-state index contributed by atoms with van der Waals surface area (Å²) in [5, 5.41) is 13.0. The van der Waals surface area contributed by atoms with Gasteiger partial charge in [-0.25, -0.2) is 0 Å². The van der Waals surface area contributed by atoms with Crippen molar-refractivity contribution in [3.8, 4) is 10.6 Å². The molecule has 0 saturated carbocycles. The molecule has 2 aromatic rings. The first-order chi connectivity index (χ1) is 11.7. The molecule has 0 spiro atoms. The van der Waals surface area contributed by atoms with Crippen molar-refractivity contribution in [2.45, 2.75) is 13.3 Å². The van der Waals surface area contributed by atoms with E-state index in [4.69, 9.17) is 11.6 Å². The quantitative estimate of drug-likeness (QED) is 0.832. The Hall–Kier alpha value is -2.10. The van der Waals surface area contributed by atoms with Crippen molar-refractivity contribution in [1.82, 2.24) is 15.1 Å². The van der Waals surface area contributed by atoms with Gasteiger partial charge in [-0.15, -0.1) is 21.8 Å². The van der Waals surface area contributed by atoms with Crippen LogP contribution in [0.2, 0.25) is 0 Å². The maximum absolute atomic E-state index is 11.6. The van der Waals surface area contributed by atoms with Crippen LogP contribution in [0.25, 0.3) is 16.1 Å². The average molecular weight is 361 g/mol. The molecule has 1 aromatic heterocycles. The van der Waals surface area contributed by atoms with Gasteiger partial charge >= 0.3 is 0 Å². The highest BCUT2D eigenvalue weighted by molar-refractivity contribution is 7.18. The van der Waals surface area contributed by atoms with Crippen molar-refractivity contribution in [2.24, 2.45) is 0 Å². The maximum atomic E-state index is 11.6. The molecule has 124 valence electrons. The Labute approximate surface area is 150 Å². The van der Waals surface area contributed by atoms with Gasteiger partial charge in [0.25, 0.3) is 0 Å². The zero-order chi connectivity index (χ0) is 16.9. The van der Waals surface area contributed by atoms with Gasteiger partial charge < -0.3 is 10.2 Å². The third-order valence-electron chi connectivity index (χ3n) is 3.75. The van der Waals surface area contributed by atoms with Crippen LogP contribution in [0.3, 0.4) is 0 Å². The van der Waals surface area contributed by atoms with E-state index < -0.39 is 0 Å². The maximum Gasteiger partial charge on any atom is 0.237 e. The second-order valence-corrected chi connectivity index (χ2v) is 6.55. The lowest BCUT2D eigenvalue weighted by molar-refractivity contribution is -0.128. The zero-order valence-electron chi connectivity index (χ0n) is 13.3. The Morgan fingerprint density at radius 2 is 2.17 bits per heavy atom. The molecule has 1 aromatic carbocycles. The first kappa shape index (κ1) is 16.7. The first-order valence-electron chi connectivity index (χ1n) is 7.76. The van der Waals surface area contributed by atoms with Crippen molar-refractivity contribution in [3.05, 3.63) is 35.9 Å². The lowest BCUT2D eigenvalue weighted by atomic mass is 10.00. The molecule has 5 nitrogen and oxygen atoms in total. The summed E-state index contributed by atoms with van der Waals surface area (Å²) >= 11 is 7.10. The normalized spacial score (nSPS) is 14.1. The summed E-state index contributed by atoms with van der Waals surface area (Å²) in [6.07, 6.45) is 2.86. The molecule has 1 aliphatic heterocycles. The molecule has 0 radical (unpaired) electrons. The summed E-state index contributed by atoms with van der Waals surface area (Å²) < 4.78 is 0. The average Bonchev–Trinajstić information content (AvgIpc) is 3.10. The summed E-state index contributed by atoms with van der Waals surface area (Å²) in [5.41, 5.74) is 3.07. The number of anilines is 1. The lowest BCUT2D eigenvalue weighted by Gasteiger charge is -2.25. The van der Waals surface area contributed by atoms with Gasteiger partial charge in [0.15, 0.2) is 5.01 Å². The monoisotopic (exact) mass is 360 g/mol. The molecule has 1 N–H and O–H groups in total. The fourth-order valence-electron chi connectivity index (χ4n) is 2.48. The van der Waals surface area contributed by atoms with Crippen molar-refractivity contribution >= 4 is 39.5 Å². The highest BCUT2D eigenvalue weighted by Crippen LogP contribution is 2.27. The van der Waals surface area contributed by atoms with E-state index in [1.54, 1.807) is 4.90 Å². The highest BCUT2D eigenvalue weighted by Gasteiger charge is 2.17. The van der Waals surface area contributed by atoms with Crippen LogP contribution in [0.1, 0.15) is 18.9 Å². The largest absolute Gasteiger partial charge is 0.360 e.